The highest BCUT2D eigenvalue weighted by Crippen LogP contribution is 2.30. The predicted molar refractivity (Wildman–Crippen MR) is 85.5 cm³/mol. The average molecular weight is 303 g/mol. The van der Waals surface area contributed by atoms with E-state index in [-0.39, 0.29) is 11.8 Å². The molecule has 0 saturated heterocycles. The third-order valence-electron chi connectivity index (χ3n) is 4.62. The maximum absolute atomic E-state index is 12.3. The summed E-state index contributed by atoms with van der Waals surface area (Å²) < 4.78 is 0. The lowest BCUT2D eigenvalue weighted by molar-refractivity contribution is -0.148. The molecule has 0 aliphatic heterocycles. The first kappa shape index (κ1) is 16.5. The number of carboxylic acids is 1. The van der Waals surface area contributed by atoms with E-state index in [1.807, 2.05) is 25.1 Å². The number of amides is 1. The monoisotopic (exact) mass is 303 g/mol. The molecule has 1 aliphatic rings. The first-order valence-electron chi connectivity index (χ1n) is 8.13. The second kappa shape index (κ2) is 7.43. The minimum absolute atomic E-state index is 0.127. The van der Waals surface area contributed by atoms with Crippen molar-refractivity contribution in [1.82, 2.24) is 5.32 Å². The van der Waals surface area contributed by atoms with Crippen LogP contribution < -0.4 is 5.32 Å². The van der Waals surface area contributed by atoms with Gasteiger partial charge in [0.25, 0.3) is 0 Å². The van der Waals surface area contributed by atoms with Crippen molar-refractivity contribution in [3.63, 3.8) is 0 Å². The Balaban J connectivity index is 1.80. The number of carbonyl (C=O) groups is 2. The summed E-state index contributed by atoms with van der Waals surface area (Å²) >= 11 is 0. The Labute approximate surface area is 131 Å². The molecule has 1 saturated carbocycles. The second-order valence-corrected chi connectivity index (χ2v) is 6.36. The van der Waals surface area contributed by atoms with Crippen molar-refractivity contribution in [2.75, 3.05) is 0 Å². The highest BCUT2D eigenvalue weighted by Gasteiger charge is 2.43. The van der Waals surface area contributed by atoms with E-state index in [9.17, 15) is 14.7 Å². The van der Waals surface area contributed by atoms with Crippen LogP contribution >= 0.6 is 0 Å². The SMILES string of the molecule is CC(CCCc1ccccc1)C(=O)NC1(C(=O)O)CCCC1. The third kappa shape index (κ3) is 4.09. The molecule has 4 heteroatoms. The number of benzene rings is 1. The number of rotatable bonds is 7. The van der Waals surface area contributed by atoms with Crippen molar-refractivity contribution in [3.05, 3.63) is 35.9 Å². The Morgan fingerprint density at radius 2 is 1.86 bits per heavy atom. The minimum atomic E-state index is -1.02. The molecule has 0 spiro atoms. The molecule has 1 aliphatic carbocycles. The zero-order valence-electron chi connectivity index (χ0n) is 13.2. The maximum atomic E-state index is 12.3. The smallest absolute Gasteiger partial charge is 0.329 e. The molecule has 2 N–H and O–H groups in total. The number of nitrogens with one attached hydrogen (secondary N) is 1. The highest BCUT2D eigenvalue weighted by molar-refractivity contribution is 5.88. The standard InChI is InChI=1S/C18H25NO3/c1-14(8-7-11-15-9-3-2-4-10-15)16(20)19-18(17(21)22)12-5-6-13-18/h2-4,9-10,14H,5-8,11-13H2,1H3,(H,19,20)(H,21,22). The zero-order valence-corrected chi connectivity index (χ0v) is 13.2. The molecule has 120 valence electrons. The summed E-state index contributed by atoms with van der Waals surface area (Å²) in [4.78, 5) is 23.7. The maximum Gasteiger partial charge on any atom is 0.329 e. The first-order chi connectivity index (χ1) is 10.5. The molecule has 0 bridgehead atoms. The van der Waals surface area contributed by atoms with Crippen LogP contribution in [-0.4, -0.2) is 22.5 Å². The second-order valence-electron chi connectivity index (χ2n) is 6.36. The van der Waals surface area contributed by atoms with Gasteiger partial charge in [-0.15, -0.1) is 0 Å². The van der Waals surface area contributed by atoms with Crippen molar-refractivity contribution < 1.29 is 14.7 Å². The van der Waals surface area contributed by atoms with Crippen LogP contribution in [0.1, 0.15) is 51.0 Å². The van der Waals surface area contributed by atoms with E-state index in [4.69, 9.17) is 0 Å². The van der Waals surface area contributed by atoms with Crippen molar-refractivity contribution >= 4 is 11.9 Å². The molecule has 2 rings (SSSR count). The number of aryl methyl sites for hydroxylation is 1. The van der Waals surface area contributed by atoms with Gasteiger partial charge in [0.15, 0.2) is 0 Å². The van der Waals surface area contributed by atoms with Gasteiger partial charge in [-0.25, -0.2) is 4.79 Å². The number of carbonyl (C=O) groups excluding carboxylic acids is 1. The topological polar surface area (TPSA) is 66.4 Å². The molecule has 1 aromatic carbocycles. The lowest BCUT2D eigenvalue weighted by atomic mass is 9.94. The molecule has 0 aromatic heterocycles. The summed E-state index contributed by atoms with van der Waals surface area (Å²) in [5.74, 6) is -1.17. The Bertz CT molecular complexity index is 506. The summed E-state index contributed by atoms with van der Waals surface area (Å²) in [5.41, 5.74) is 0.248. The summed E-state index contributed by atoms with van der Waals surface area (Å²) in [6.07, 6.45) is 5.48. The van der Waals surface area contributed by atoms with E-state index in [1.54, 1.807) is 0 Å². The van der Waals surface area contributed by atoms with Gasteiger partial charge in [-0.1, -0.05) is 50.1 Å². The molecule has 4 nitrogen and oxygen atoms in total. The molecule has 1 atom stereocenters. The summed E-state index contributed by atoms with van der Waals surface area (Å²) in [6, 6.07) is 10.2. The fourth-order valence-electron chi connectivity index (χ4n) is 3.12. The van der Waals surface area contributed by atoms with Crippen molar-refractivity contribution in [1.29, 1.82) is 0 Å². The molecule has 22 heavy (non-hydrogen) atoms. The Morgan fingerprint density at radius 3 is 2.45 bits per heavy atom. The molecule has 0 heterocycles. The summed E-state index contributed by atoms with van der Waals surface area (Å²) in [6.45, 7) is 1.88. The highest BCUT2D eigenvalue weighted by atomic mass is 16.4. The number of hydrogen-bond donors (Lipinski definition) is 2. The van der Waals surface area contributed by atoms with Gasteiger partial charge >= 0.3 is 5.97 Å². The van der Waals surface area contributed by atoms with Crippen LogP contribution in [0.3, 0.4) is 0 Å². The molecule has 1 unspecified atom stereocenters. The van der Waals surface area contributed by atoms with Crippen molar-refractivity contribution in [3.8, 4) is 0 Å². The van der Waals surface area contributed by atoms with E-state index in [0.29, 0.717) is 12.8 Å². The Kier molecular flexibility index (Phi) is 5.58. The normalized spacial score (nSPS) is 17.9. The van der Waals surface area contributed by atoms with Gasteiger partial charge in [0.2, 0.25) is 5.91 Å². The van der Waals surface area contributed by atoms with Crippen LogP contribution in [0.2, 0.25) is 0 Å². The minimum Gasteiger partial charge on any atom is -0.480 e. The van der Waals surface area contributed by atoms with Gasteiger partial charge in [-0.2, -0.15) is 0 Å². The van der Waals surface area contributed by atoms with Crippen LogP contribution in [0.25, 0.3) is 0 Å². The first-order valence-corrected chi connectivity index (χ1v) is 8.13. The van der Waals surface area contributed by atoms with E-state index >= 15 is 0 Å². The Hall–Kier alpha value is -1.84. The summed E-state index contributed by atoms with van der Waals surface area (Å²) in [5, 5.41) is 12.2. The molecule has 1 amide bonds. The van der Waals surface area contributed by atoms with E-state index < -0.39 is 11.5 Å². The van der Waals surface area contributed by atoms with Gasteiger partial charge in [0.1, 0.15) is 5.54 Å². The van der Waals surface area contributed by atoms with E-state index in [2.05, 4.69) is 17.4 Å². The lowest BCUT2D eigenvalue weighted by Crippen LogP contribution is -2.53. The quantitative estimate of drug-likeness (QED) is 0.813. The van der Waals surface area contributed by atoms with Gasteiger partial charge in [-0.3, -0.25) is 4.79 Å². The predicted octanol–water partition coefficient (Wildman–Crippen LogP) is 3.16. The fraction of sp³-hybridized carbons (Fsp3) is 0.556. The zero-order chi connectivity index (χ0) is 16.0. The van der Waals surface area contributed by atoms with Gasteiger partial charge in [-0.05, 0) is 37.7 Å². The van der Waals surface area contributed by atoms with Crippen LogP contribution in [0, 0.1) is 5.92 Å². The van der Waals surface area contributed by atoms with Crippen molar-refractivity contribution in [2.24, 2.45) is 5.92 Å². The molecule has 0 radical (unpaired) electrons. The van der Waals surface area contributed by atoms with Crippen molar-refractivity contribution in [2.45, 2.75) is 57.4 Å². The molecular weight excluding hydrogens is 278 g/mol. The Morgan fingerprint density at radius 1 is 1.23 bits per heavy atom. The lowest BCUT2D eigenvalue weighted by Gasteiger charge is -2.27. The van der Waals surface area contributed by atoms with Gasteiger partial charge in [0.05, 0.1) is 0 Å². The van der Waals surface area contributed by atoms with E-state index in [1.165, 1.54) is 5.56 Å². The van der Waals surface area contributed by atoms with Crippen LogP contribution in [0.15, 0.2) is 30.3 Å². The number of hydrogen-bond acceptors (Lipinski definition) is 2. The van der Waals surface area contributed by atoms with Gasteiger partial charge < -0.3 is 10.4 Å². The number of carboxylic acid groups (broad SMARTS) is 1. The van der Waals surface area contributed by atoms with Crippen LogP contribution in [0.5, 0.6) is 0 Å². The van der Waals surface area contributed by atoms with E-state index in [0.717, 1.165) is 32.1 Å². The molecule has 1 aromatic rings. The van der Waals surface area contributed by atoms with Crippen LogP contribution in [-0.2, 0) is 16.0 Å². The molecular formula is C18H25NO3. The van der Waals surface area contributed by atoms with Crippen LogP contribution in [0.4, 0.5) is 0 Å². The summed E-state index contributed by atoms with van der Waals surface area (Å²) in [7, 11) is 0. The van der Waals surface area contributed by atoms with Gasteiger partial charge in [0, 0.05) is 5.92 Å². The molecule has 1 fully saturated rings. The number of aliphatic carboxylic acids is 1. The fourth-order valence-corrected chi connectivity index (χ4v) is 3.12. The largest absolute Gasteiger partial charge is 0.480 e. The third-order valence-corrected chi connectivity index (χ3v) is 4.62. The average Bonchev–Trinajstić information content (AvgIpc) is 2.98.